The number of nitrogens with zero attached hydrogens (tertiary/aromatic N) is 1. The molecule has 3 nitrogen and oxygen atoms in total. The molecule has 0 aromatic heterocycles. The van der Waals surface area contributed by atoms with Crippen LogP contribution in [0.3, 0.4) is 0 Å². The van der Waals surface area contributed by atoms with Crippen molar-refractivity contribution in [1.82, 2.24) is 0 Å². The zero-order chi connectivity index (χ0) is 14.9. The third-order valence-electron chi connectivity index (χ3n) is 2.85. The van der Waals surface area contributed by atoms with Crippen molar-refractivity contribution < 1.29 is 9.59 Å². The number of rotatable bonds is 1. The predicted octanol–water partition coefficient (Wildman–Crippen LogP) is 3.79. The highest BCUT2D eigenvalue weighted by Gasteiger charge is 2.23. The number of carbonyl (C=O) groups excluding carboxylic acids is 2. The Morgan fingerprint density at radius 2 is 1.65 bits per heavy atom. The maximum Gasteiger partial charge on any atom is 0.277 e. The molecule has 0 N–H and O–H groups in total. The van der Waals surface area contributed by atoms with Gasteiger partial charge < -0.3 is 0 Å². The molecule has 1 aromatic carbocycles. The fourth-order valence-electron chi connectivity index (χ4n) is 1.71. The molecule has 0 aliphatic heterocycles. The second kappa shape index (κ2) is 5.73. The molecule has 2 rings (SSSR count). The van der Waals surface area contributed by atoms with Crippen LogP contribution < -0.4 is 0 Å². The Morgan fingerprint density at radius 1 is 1.05 bits per heavy atom. The van der Waals surface area contributed by atoms with Crippen LogP contribution in [0, 0.1) is 6.92 Å². The van der Waals surface area contributed by atoms with Crippen molar-refractivity contribution in [2.24, 2.45) is 4.99 Å². The van der Waals surface area contributed by atoms with Gasteiger partial charge in [-0.3, -0.25) is 9.59 Å². The molecular formula is C15H11Cl2NO2. The first kappa shape index (κ1) is 14.7. The van der Waals surface area contributed by atoms with E-state index in [4.69, 9.17) is 23.2 Å². The SMILES string of the molecule is CC1=CC(=O)C(Cl)=C(Cl)C1=NC(=O)c1ccc(C)cc1. The van der Waals surface area contributed by atoms with Gasteiger partial charge in [-0.2, -0.15) is 0 Å². The molecule has 1 amide bonds. The van der Waals surface area contributed by atoms with Crippen LogP contribution in [0.5, 0.6) is 0 Å². The van der Waals surface area contributed by atoms with Gasteiger partial charge in [0.05, 0.1) is 10.7 Å². The normalized spacial score (nSPS) is 17.5. The molecule has 1 aliphatic carbocycles. The Hall–Kier alpha value is -1.71. The molecule has 102 valence electrons. The van der Waals surface area contributed by atoms with Crippen LogP contribution in [-0.4, -0.2) is 17.4 Å². The Morgan fingerprint density at radius 3 is 2.25 bits per heavy atom. The number of aryl methyl sites for hydroxylation is 1. The molecule has 1 aromatic rings. The van der Waals surface area contributed by atoms with Crippen LogP contribution in [0.4, 0.5) is 0 Å². The topological polar surface area (TPSA) is 46.5 Å². The third kappa shape index (κ3) is 2.89. The van der Waals surface area contributed by atoms with E-state index in [9.17, 15) is 9.59 Å². The lowest BCUT2D eigenvalue weighted by atomic mass is 10.0. The van der Waals surface area contributed by atoms with Crippen molar-refractivity contribution in [3.8, 4) is 0 Å². The highest BCUT2D eigenvalue weighted by atomic mass is 35.5. The summed E-state index contributed by atoms with van der Waals surface area (Å²) in [4.78, 5) is 27.5. The number of halogens is 2. The fraction of sp³-hybridized carbons (Fsp3) is 0.133. The Kier molecular flexibility index (Phi) is 4.21. The van der Waals surface area contributed by atoms with E-state index in [0.717, 1.165) is 5.56 Å². The first-order valence-electron chi connectivity index (χ1n) is 5.88. The minimum atomic E-state index is -0.426. The minimum absolute atomic E-state index is 0.0112. The molecule has 5 heteroatoms. The number of aliphatic imine (C=N–C) groups is 1. The lowest BCUT2D eigenvalue weighted by Crippen LogP contribution is -2.15. The summed E-state index contributed by atoms with van der Waals surface area (Å²) >= 11 is 11.8. The zero-order valence-corrected chi connectivity index (χ0v) is 12.4. The van der Waals surface area contributed by atoms with Gasteiger partial charge >= 0.3 is 0 Å². The average molecular weight is 308 g/mol. The molecule has 0 atom stereocenters. The van der Waals surface area contributed by atoms with E-state index in [1.165, 1.54) is 6.08 Å². The molecule has 0 heterocycles. The second-order valence-corrected chi connectivity index (χ2v) is 5.21. The first-order chi connectivity index (χ1) is 9.40. The van der Waals surface area contributed by atoms with Crippen LogP contribution >= 0.6 is 23.2 Å². The number of hydrogen-bond acceptors (Lipinski definition) is 2. The van der Waals surface area contributed by atoms with Gasteiger partial charge in [-0.05, 0) is 37.6 Å². The summed E-state index contributed by atoms with van der Waals surface area (Å²) in [5.41, 5.74) is 2.26. The minimum Gasteiger partial charge on any atom is -0.288 e. The molecule has 0 unspecified atom stereocenters. The molecule has 0 spiro atoms. The summed E-state index contributed by atoms with van der Waals surface area (Å²) in [7, 11) is 0. The largest absolute Gasteiger partial charge is 0.288 e. The summed E-state index contributed by atoms with van der Waals surface area (Å²) < 4.78 is 0. The van der Waals surface area contributed by atoms with Gasteiger partial charge in [-0.15, -0.1) is 0 Å². The molecule has 0 bridgehead atoms. The lowest BCUT2D eigenvalue weighted by Gasteiger charge is -2.12. The quantitative estimate of drug-likeness (QED) is 0.741. The van der Waals surface area contributed by atoms with Crippen LogP contribution in [0.15, 0.2) is 51.0 Å². The summed E-state index contributed by atoms with van der Waals surface area (Å²) in [6, 6.07) is 7.03. The van der Waals surface area contributed by atoms with Crippen molar-refractivity contribution in [2.75, 3.05) is 0 Å². The fourth-order valence-corrected chi connectivity index (χ4v) is 2.14. The second-order valence-electron chi connectivity index (χ2n) is 4.45. The standard InChI is InChI=1S/C15H11Cl2NO2/c1-8-3-5-10(6-4-8)15(20)18-14-9(2)7-11(19)12(16)13(14)17/h3-7H,1-2H3. The number of ketones is 1. The number of carbonyl (C=O) groups is 2. The molecule has 1 aliphatic rings. The van der Waals surface area contributed by atoms with Crippen LogP contribution in [0.25, 0.3) is 0 Å². The van der Waals surface area contributed by atoms with E-state index in [1.807, 2.05) is 19.1 Å². The van der Waals surface area contributed by atoms with E-state index in [-0.39, 0.29) is 21.6 Å². The summed E-state index contributed by atoms with van der Waals surface area (Å²) in [6.07, 6.45) is 1.31. The zero-order valence-electron chi connectivity index (χ0n) is 10.9. The van der Waals surface area contributed by atoms with Gasteiger partial charge in [0.1, 0.15) is 5.03 Å². The van der Waals surface area contributed by atoms with E-state index in [2.05, 4.69) is 4.99 Å². The Bertz CT molecular complexity index is 682. The lowest BCUT2D eigenvalue weighted by molar-refractivity contribution is -0.110. The molecule has 0 fully saturated rings. The van der Waals surface area contributed by atoms with Crippen LogP contribution in [0.1, 0.15) is 22.8 Å². The van der Waals surface area contributed by atoms with Crippen molar-refractivity contribution in [1.29, 1.82) is 0 Å². The van der Waals surface area contributed by atoms with Crippen molar-refractivity contribution in [2.45, 2.75) is 13.8 Å². The van der Waals surface area contributed by atoms with E-state index in [0.29, 0.717) is 11.1 Å². The number of allylic oxidation sites excluding steroid dienone is 4. The van der Waals surface area contributed by atoms with Crippen LogP contribution in [0.2, 0.25) is 0 Å². The monoisotopic (exact) mass is 307 g/mol. The molecule has 0 saturated carbocycles. The molecular weight excluding hydrogens is 297 g/mol. The molecule has 0 radical (unpaired) electrons. The first-order valence-corrected chi connectivity index (χ1v) is 6.64. The van der Waals surface area contributed by atoms with Gasteiger partial charge in [-0.25, -0.2) is 4.99 Å². The van der Waals surface area contributed by atoms with Gasteiger partial charge in [0.25, 0.3) is 5.91 Å². The number of amides is 1. The highest BCUT2D eigenvalue weighted by Crippen LogP contribution is 2.26. The Balaban J connectivity index is 2.40. The van der Waals surface area contributed by atoms with Gasteiger partial charge in [0.2, 0.25) is 0 Å². The van der Waals surface area contributed by atoms with Crippen LogP contribution in [-0.2, 0) is 4.79 Å². The van der Waals surface area contributed by atoms with Crippen molar-refractivity contribution in [3.63, 3.8) is 0 Å². The summed E-state index contributed by atoms with van der Waals surface area (Å²) in [5.74, 6) is -0.805. The van der Waals surface area contributed by atoms with Gasteiger partial charge in [0.15, 0.2) is 5.78 Å². The van der Waals surface area contributed by atoms with Gasteiger partial charge in [-0.1, -0.05) is 40.9 Å². The van der Waals surface area contributed by atoms with Gasteiger partial charge in [0, 0.05) is 5.56 Å². The molecule has 20 heavy (non-hydrogen) atoms. The maximum absolute atomic E-state index is 12.1. The van der Waals surface area contributed by atoms with E-state index in [1.54, 1.807) is 19.1 Å². The van der Waals surface area contributed by atoms with Crippen molar-refractivity contribution >= 4 is 40.6 Å². The smallest absolute Gasteiger partial charge is 0.277 e. The van der Waals surface area contributed by atoms with Crippen molar-refractivity contribution in [3.05, 3.63) is 57.1 Å². The van der Waals surface area contributed by atoms with E-state index < -0.39 is 5.91 Å². The summed E-state index contributed by atoms with van der Waals surface area (Å²) in [6.45, 7) is 3.59. The Labute approximate surface area is 126 Å². The maximum atomic E-state index is 12.1. The highest BCUT2D eigenvalue weighted by molar-refractivity contribution is 6.59. The van der Waals surface area contributed by atoms with E-state index >= 15 is 0 Å². The predicted molar refractivity (Wildman–Crippen MR) is 80.4 cm³/mol. The summed E-state index contributed by atoms with van der Waals surface area (Å²) in [5, 5.41) is -0.107. The third-order valence-corrected chi connectivity index (χ3v) is 3.69. The number of hydrogen-bond donors (Lipinski definition) is 0. The number of benzene rings is 1. The molecule has 0 saturated heterocycles. The average Bonchev–Trinajstić information content (AvgIpc) is 2.42.